The molecule has 0 saturated carbocycles. The van der Waals surface area contributed by atoms with Gasteiger partial charge in [-0.15, -0.1) is 0 Å². The molecule has 0 heterocycles. The van der Waals surface area contributed by atoms with Crippen molar-refractivity contribution in [3.8, 4) is 0 Å². The molecule has 2 rings (SSSR count). The van der Waals surface area contributed by atoms with Crippen molar-refractivity contribution < 1.29 is 5.11 Å². The van der Waals surface area contributed by atoms with Crippen LogP contribution in [0.4, 0.5) is 0 Å². The second-order valence-electron chi connectivity index (χ2n) is 5.74. The second-order valence-corrected chi connectivity index (χ2v) is 5.74. The van der Waals surface area contributed by atoms with E-state index >= 15 is 0 Å². The van der Waals surface area contributed by atoms with Crippen molar-refractivity contribution in [2.45, 2.75) is 59.0 Å². The van der Waals surface area contributed by atoms with Crippen LogP contribution in [0.3, 0.4) is 0 Å². The zero-order valence-corrected chi connectivity index (χ0v) is 9.64. The van der Waals surface area contributed by atoms with Crippen LogP contribution in [0.2, 0.25) is 0 Å². The Morgan fingerprint density at radius 3 is 2.79 bits per heavy atom. The Morgan fingerprint density at radius 1 is 1.50 bits per heavy atom. The molecule has 1 nitrogen and oxygen atoms in total. The third-order valence-corrected chi connectivity index (χ3v) is 3.92. The molecule has 0 aromatic rings. The lowest BCUT2D eigenvalue weighted by Crippen LogP contribution is -2.35. The largest absolute Gasteiger partial charge is 0.393 e. The second kappa shape index (κ2) is 3.37. The van der Waals surface area contributed by atoms with Crippen LogP contribution < -0.4 is 0 Å². The van der Waals surface area contributed by atoms with E-state index in [4.69, 9.17) is 0 Å². The van der Waals surface area contributed by atoms with Gasteiger partial charge in [-0.25, -0.2) is 0 Å². The topological polar surface area (TPSA) is 20.2 Å². The lowest BCUT2D eigenvalue weighted by atomic mass is 9.58. The monoisotopic (exact) mass is 194 g/mol. The number of aliphatic hydroxyl groups is 1. The molecule has 1 heteroatoms. The highest BCUT2D eigenvalue weighted by atomic mass is 16.3. The van der Waals surface area contributed by atoms with E-state index in [1.165, 1.54) is 25.7 Å². The Bertz CT molecular complexity index is 260. The first-order valence-corrected chi connectivity index (χ1v) is 5.91. The Balaban J connectivity index is 2.12. The molecule has 0 radical (unpaired) electrons. The Labute approximate surface area is 87.2 Å². The van der Waals surface area contributed by atoms with E-state index < -0.39 is 0 Å². The van der Waals surface area contributed by atoms with Crippen molar-refractivity contribution in [2.75, 3.05) is 0 Å². The molecular formula is C13H22O. The minimum Gasteiger partial charge on any atom is -0.393 e. The number of hydrogen-bond acceptors (Lipinski definition) is 1. The minimum atomic E-state index is -0.133. The molecule has 0 bridgehead atoms. The van der Waals surface area contributed by atoms with Gasteiger partial charge < -0.3 is 5.11 Å². The lowest BCUT2D eigenvalue weighted by molar-refractivity contribution is 0.147. The summed E-state index contributed by atoms with van der Waals surface area (Å²) in [5.41, 5.74) is 3.84. The zero-order valence-electron chi connectivity index (χ0n) is 9.64. The first-order valence-electron chi connectivity index (χ1n) is 5.91. The fourth-order valence-electron chi connectivity index (χ4n) is 3.43. The molecule has 2 aliphatic rings. The van der Waals surface area contributed by atoms with E-state index in [2.05, 4.69) is 13.8 Å². The SMILES string of the molecule is CC(O)CC1CC2=C1C(C)(C)CCC2. The van der Waals surface area contributed by atoms with Gasteiger partial charge in [0.2, 0.25) is 0 Å². The number of rotatable bonds is 2. The summed E-state index contributed by atoms with van der Waals surface area (Å²) in [5, 5.41) is 9.43. The van der Waals surface area contributed by atoms with Gasteiger partial charge in [0.25, 0.3) is 0 Å². The Kier molecular flexibility index (Phi) is 2.46. The van der Waals surface area contributed by atoms with E-state index in [-0.39, 0.29) is 6.10 Å². The molecule has 0 saturated heterocycles. The van der Waals surface area contributed by atoms with Gasteiger partial charge >= 0.3 is 0 Å². The predicted molar refractivity (Wildman–Crippen MR) is 59.1 cm³/mol. The fraction of sp³-hybridized carbons (Fsp3) is 0.846. The molecule has 2 atom stereocenters. The van der Waals surface area contributed by atoms with Crippen LogP contribution in [0.5, 0.6) is 0 Å². The molecule has 0 spiro atoms. The van der Waals surface area contributed by atoms with E-state index in [1.807, 2.05) is 6.92 Å². The van der Waals surface area contributed by atoms with Crippen LogP contribution in [-0.4, -0.2) is 11.2 Å². The first kappa shape index (κ1) is 10.2. The van der Waals surface area contributed by atoms with Gasteiger partial charge in [0.15, 0.2) is 0 Å². The van der Waals surface area contributed by atoms with E-state index in [0.29, 0.717) is 11.3 Å². The van der Waals surface area contributed by atoms with E-state index in [0.717, 1.165) is 6.42 Å². The van der Waals surface area contributed by atoms with Crippen LogP contribution in [0, 0.1) is 11.3 Å². The number of allylic oxidation sites excluding steroid dienone is 2. The van der Waals surface area contributed by atoms with E-state index in [1.54, 1.807) is 11.1 Å². The maximum Gasteiger partial charge on any atom is 0.0517 e. The molecular weight excluding hydrogens is 172 g/mol. The molecule has 2 aliphatic carbocycles. The number of hydrogen-bond donors (Lipinski definition) is 1. The molecule has 1 N–H and O–H groups in total. The summed E-state index contributed by atoms with van der Waals surface area (Å²) in [4.78, 5) is 0. The predicted octanol–water partition coefficient (Wildman–Crippen LogP) is 3.28. The van der Waals surface area contributed by atoms with Crippen LogP contribution in [0.15, 0.2) is 11.1 Å². The first-order chi connectivity index (χ1) is 6.50. The molecule has 0 aliphatic heterocycles. The quantitative estimate of drug-likeness (QED) is 0.669. The van der Waals surface area contributed by atoms with Gasteiger partial charge in [-0.2, -0.15) is 0 Å². The van der Waals surface area contributed by atoms with Crippen molar-refractivity contribution in [1.82, 2.24) is 0 Å². The van der Waals surface area contributed by atoms with Gasteiger partial charge in [-0.1, -0.05) is 25.0 Å². The van der Waals surface area contributed by atoms with Crippen LogP contribution in [-0.2, 0) is 0 Å². The maximum atomic E-state index is 9.43. The fourth-order valence-corrected chi connectivity index (χ4v) is 3.43. The maximum absolute atomic E-state index is 9.43. The number of aliphatic hydroxyl groups excluding tert-OH is 1. The molecule has 14 heavy (non-hydrogen) atoms. The summed E-state index contributed by atoms with van der Waals surface area (Å²) in [6.45, 7) is 6.65. The minimum absolute atomic E-state index is 0.133. The average molecular weight is 194 g/mol. The van der Waals surface area contributed by atoms with Gasteiger partial charge in [-0.3, -0.25) is 0 Å². The normalized spacial score (nSPS) is 32.1. The summed E-state index contributed by atoms with van der Waals surface area (Å²) in [6, 6.07) is 0. The third-order valence-electron chi connectivity index (χ3n) is 3.92. The molecule has 0 aromatic carbocycles. The molecule has 0 aromatic heterocycles. The van der Waals surface area contributed by atoms with Crippen molar-refractivity contribution in [3.63, 3.8) is 0 Å². The average Bonchev–Trinajstić information content (AvgIpc) is 1.97. The standard InChI is InChI=1S/C13H22O/c1-9(14)7-11-8-10-5-4-6-13(2,3)12(10)11/h9,11,14H,4-8H2,1-3H3. The van der Waals surface area contributed by atoms with Crippen LogP contribution in [0.25, 0.3) is 0 Å². The van der Waals surface area contributed by atoms with Crippen LogP contribution in [0.1, 0.15) is 52.9 Å². The molecule has 2 unspecified atom stereocenters. The van der Waals surface area contributed by atoms with Crippen molar-refractivity contribution >= 4 is 0 Å². The van der Waals surface area contributed by atoms with Gasteiger partial charge in [0.05, 0.1) is 6.10 Å². The Morgan fingerprint density at radius 2 is 2.21 bits per heavy atom. The highest BCUT2D eigenvalue weighted by Crippen LogP contribution is 2.54. The summed E-state index contributed by atoms with van der Waals surface area (Å²) in [5.74, 6) is 0.695. The summed E-state index contributed by atoms with van der Waals surface area (Å²) < 4.78 is 0. The molecule has 80 valence electrons. The highest BCUT2D eigenvalue weighted by Gasteiger charge is 2.41. The smallest absolute Gasteiger partial charge is 0.0517 e. The van der Waals surface area contributed by atoms with Gasteiger partial charge in [0.1, 0.15) is 0 Å². The van der Waals surface area contributed by atoms with Crippen molar-refractivity contribution in [3.05, 3.63) is 11.1 Å². The third kappa shape index (κ3) is 1.63. The Hall–Kier alpha value is -0.300. The lowest BCUT2D eigenvalue weighted by Gasteiger charge is -2.47. The molecule has 0 fully saturated rings. The van der Waals surface area contributed by atoms with Crippen molar-refractivity contribution in [2.24, 2.45) is 11.3 Å². The summed E-state index contributed by atoms with van der Waals surface area (Å²) in [7, 11) is 0. The van der Waals surface area contributed by atoms with Gasteiger partial charge in [0, 0.05) is 0 Å². The summed E-state index contributed by atoms with van der Waals surface area (Å²) in [6.07, 6.45) is 6.14. The van der Waals surface area contributed by atoms with E-state index in [9.17, 15) is 5.11 Å². The van der Waals surface area contributed by atoms with Gasteiger partial charge in [-0.05, 0) is 50.4 Å². The van der Waals surface area contributed by atoms with Crippen LogP contribution >= 0.6 is 0 Å². The molecule has 0 amide bonds. The zero-order chi connectivity index (χ0) is 10.3. The van der Waals surface area contributed by atoms with Crippen molar-refractivity contribution in [1.29, 1.82) is 0 Å². The highest BCUT2D eigenvalue weighted by molar-refractivity contribution is 5.35. The summed E-state index contributed by atoms with van der Waals surface area (Å²) >= 11 is 0.